The van der Waals surface area contributed by atoms with Crippen LogP contribution in [0.2, 0.25) is 0 Å². The van der Waals surface area contributed by atoms with Crippen LogP contribution in [0, 0.1) is 34.5 Å². The summed E-state index contributed by atoms with van der Waals surface area (Å²) in [5, 5.41) is 0. The zero-order chi connectivity index (χ0) is 13.2. The summed E-state index contributed by atoms with van der Waals surface area (Å²) in [5.41, 5.74) is 0.515. The molecule has 5 heteroatoms. The van der Waals surface area contributed by atoms with Crippen LogP contribution in [0.25, 0.3) is 0 Å². The summed E-state index contributed by atoms with van der Waals surface area (Å²) >= 11 is 0. The first-order chi connectivity index (χ1) is 9.68. The zero-order valence-electron chi connectivity index (χ0n) is 11.2. The maximum absolute atomic E-state index is 12.5. The Morgan fingerprint density at radius 1 is 0.950 bits per heavy atom. The van der Waals surface area contributed by atoms with Gasteiger partial charge in [-0.15, -0.1) is 0 Å². The van der Waals surface area contributed by atoms with Gasteiger partial charge >= 0.3 is 11.4 Å². The molecule has 1 aromatic rings. The van der Waals surface area contributed by atoms with Crippen LogP contribution in [-0.4, -0.2) is 13.9 Å². The molecule has 0 aromatic carbocycles. The molecule has 4 saturated carbocycles. The lowest BCUT2D eigenvalue weighted by Crippen LogP contribution is -2.53. The lowest BCUT2D eigenvalue weighted by molar-refractivity contribution is -0.00147. The number of allylic oxidation sites excluding steroid dienone is 2. The van der Waals surface area contributed by atoms with Gasteiger partial charge in [0, 0.05) is 17.9 Å². The molecule has 0 N–H and O–H groups in total. The van der Waals surface area contributed by atoms with Crippen molar-refractivity contribution in [3.63, 3.8) is 0 Å². The van der Waals surface area contributed by atoms with Crippen LogP contribution in [-0.2, 0) is 7.05 Å². The molecular formula is C15H15N3O2. The van der Waals surface area contributed by atoms with Crippen molar-refractivity contribution in [3.05, 3.63) is 33.1 Å². The normalized spacial score (nSPS) is 60.5. The van der Waals surface area contributed by atoms with Gasteiger partial charge in [-0.25, -0.2) is 23.5 Å². The summed E-state index contributed by atoms with van der Waals surface area (Å²) in [6.07, 6.45) is 6.92. The molecule has 1 aromatic heterocycles. The largest absolute Gasteiger partial charge is 0.347 e. The van der Waals surface area contributed by atoms with Crippen LogP contribution in [0.5, 0.6) is 0 Å². The van der Waals surface area contributed by atoms with Gasteiger partial charge in [0.05, 0.1) is 12.1 Å². The van der Waals surface area contributed by atoms with Gasteiger partial charge in [0.25, 0.3) is 0 Å². The molecule has 20 heavy (non-hydrogen) atoms. The van der Waals surface area contributed by atoms with Crippen molar-refractivity contribution in [1.82, 2.24) is 13.9 Å². The molecular weight excluding hydrogens is 254 g/mol. The average Bonchev–Trinajstić information content (AvgIpc) is 3.24. The van der Waals surface area contributed by atoms with Crippen molar-refractivity contribution in [1.29, 1.82) is 0 Å². The van der Waals surface area contributed by atoms with E-state index in [0.29, 0.717) is 34.7 Å². The van der Waals surface area contributed by atoms with E-state index in [0.717, 1.165) is 24.7 Å². The Balaban J connectivity index is 1.69. The van der Waals surface area contributed by atoms with Crippen LogP contribution in [0.3, 0.4) is 0 Å². The van der Waals surface area contributed by atoms with Crippen molar-refractivity contribution in [3.8, 4) is 0 Å². The second-order valence-corrected chi connectivity index (χ2v) is 7.87. The Kier molecular flexibility index (Phi) is 0.992. The molecule has 3 heterocycles. The standard InChI is InChI=1S/C15H15N3O2/c1-16-12(19)17-10-7-6-8(7)11(18(17)13(16)20)15-5-3-2-4-14(10,15)9(6)15/h2-3,6-11H,4-5H2,1H3/t6?,7-,8+,9?,10+,11-,14+,15-. The monoisotopic (exact) mass is 269 g/mol. The van der Waals surface area contributed by atoms with Gasteiger partial charge in [-0.05, 0) is 36.5 Å². The lowest BCUT2D eigenvalue weighted by atomic mass is 9.67. The van der Waals surface area contributed by atoms with Gasteiger partial charge in [0.15, 0.2) is 0 Å². The van der Waals surface area contributed by atoms with E-state index in [1.54, 1.807) is 7.05 Å². The average molecular weight is 269 g/mol. The van der Waals surface area contributed by atoms with Crippen molar-refractivity contribution in [2.24, 2.45) is 41.5 Å². The molecule has 5 aliphatic carbocycles. The van der Waals surface area contributed by atoms with Gasteiger partial charge in [-0.1, -0.05) is 12.2 Å². The Hall–Kier alpha value is -1.52. The van der Waals surface area contributed by atoms with E-state index in [-0.39, 0.29) is 11.4 Å². The highest BCUT2D eigenvalue weighted by atomic mass is 16.2. The van der Waals surface area contributed by atoms with E-state index in [9.17, 15) is 9.59 Å². The SMILES string of the molecule is Cn1c(=O)n2n(c1=O)[C@@H]1[C@H]3C4C5[C@@]6(CC=CC[C@@]516)[C@@H]2[C@H]43. The third kappa shape index (κ3) is 0.504. The summed E-state index contributed by atoms with van der Waals surface area (Å²) in [7, 11) is 1.63. The third-order valence-electron chi connectivity index (χ3n) is 8.06. The Morgan fingerprint density at radius 3 is 1.95 bits per heavy atom. The van der Waals surface area contributed by atoms with E-state index >= 15 is 0 Å². The van der Waals surface area contributed by atoms with E-state index < -0.39 is 0 Å². The molecule has 4 fully saturated rings. The van der Waals surface area contributed by atoms with E-state index in [1.165, 1.54) is 4.57 Å². The van der Waals surface area contributed by atoms with Gasteiger partial charge in [-0.3, -0.25) is 0 Å². The highest BCUT2D eigenvalue weighted by molar-refractivity contribution is 5.50. The van der Waals surface area contributed by atoms with Crippen molar-refractivity contribution in [2.75, 3.05) is 0 Å². The van der Waals surface area contributed by atoms with Crippen molar-refractivity contribution in [2.45, 2.75) is 24.9 Å². The second-order valence-electron chi connectivity index (χ2n) is 7.87. The topological polar surface area (TPSA) is 48.9 Å². The summed E-state index contributed by atoms with van der Waals surface area (Å²) in [4.78, 5) is 25.0. The number of rotatable bonds is 0. The first-order valence-corrected chi connectivity index (χ1v) is 7.73. The second kappa shape index (κ2) is 2.11. The first kappa shape index (κ1) is 9.42. The smallest absolute Gasteiger partial charge is 0.246 e. The predicted molar refractivity (Wildman–Crippen MR) is 69.2 cm³/mol. The van der Waals surface area contributed by atoms with Crippen LogP contribution in [0.4, 0.5) is 0 Å². The number of hydrogen-bond donors (Lipinski definition) is 0. The quantitative estimate of drug-likeness (QED) is 0.635. The van der Waals surface area contributed by atoms with E-state index in [1.807, 2.05) is 9.36 Å². The molecule has 0 saturated heterocycles. The fourth-order valence-corrected chi connectivity index (χ4v) is 7.92. The highest BCUT2D eigenvalue weighted by Gasteiger charge is 3.02. The van der Waals surface area contributed by atoms with Crippen LogP contribution in [0.1, 0.15) is 24.9 Å². The molecule has 8 rings (SSSR count). The fourth-order valence-electron chi connectivity index (χ4n) is 7.92. The lowest BCUT2D eigenvalue weighted by Gasteiger charge is -2.49. The number of aromatic nitrogens is 3. The Bertz CT molecular complexity index is 820. The molecule has 8 atom stereocenters. The summed E-state index contributed by atoms with van der Waals surface area (Å²) in [6.45, 7) is 0. The van der Waals surface area contributed by atoms with Crippen molar-refractivity contribution < 1.29 is 0 Å². The molecule has 102 valence electrons. The third-order valence-corrected chi connectivity index (χ3v) is 8.06. The summed E-state index contributed by atoms with van der Waals surface area (Å²) in [6, 6.07) is 0.637. The molecule has 2 bridgehead atoms. The molecule has 0 radical (unpaired) electrons. The van der Waals surface area contributed by atoms with Gasteiger partial charge in [-0.2, -0.15) is 0 Å². The minimum Gasteiger partial charge on any atom is -0.246 e. The summed E-state index contributed by atoms with van der Waals surface area (Å²) < 4.78 is 5.06. The number of nitrogens with zero attached hydrogens (tertiary/aromatic N) is 3. The van der Waals surface area contributed by atoms with Gasteiger partial charge < -0.3 is 0 Å². The maximum Gasteiger partial charge on any atom is 0.347 e. The van der Waals surface area contributed by atoms with E-state index in [4.69, 9.17) is 0 Å². The molecule has 0 amide bonds. The summed E-state index contributed by atoms with van der Waals surface area (Å²) in [5.74, 6) is 3.03. The molecule has 2 spiro atoms. The van der Waals surface area contributed by atoms with E-state index in [2.05, 4.69) is 12.2 Å². The molecule has 7 aliphatic rings. The number of hydrogen-bond acceptors (Lipinski definition) is 2. The minimum atomic E-state index is -0.0841. The Labute approximate surface area is 114 Å². The molecule has 5 nitrogen and oxygen atoms in total. The Morgan fingerprint density at radius 2 is 1.45 bits per heavy atom. The van der Waals surface area contributed by atoms with Gasteiger partial charge in [0.2, 0.25) is 0 Å². The minimum absolute atomic E-state index is 0.0841. The van der Waals surface area contributed by atoms with Crippen LogP contribution in [0.15, 0.2) is 21.7 Å². The molecule has 2 unspecified atom stereocenters. The highest BCUT2D eigenvalue weighted by Crippen LogP contribution is 3.04. The molecule has 2 aliphatic heterocycles. The first-order valence-electron chi connectivity index (χ1n) is 7.73. The maximum atomic E-state index is 12.5. The van der Waals surface area contributed by atoms with Gasteiger partial charge in [0.1, 0.15) is 0 Å². The van der Waals surface area contributed by atoms with Crippen molar-refractivity contribution >= 4 is 0 Å². The van der Waals surface area contributed by atoms with Crippen LogP contribution >= 0.6 is 0 Å². The predicted octanol–water partition coefficient (Wildman–Crippen LogP) is 0.286. The zero-order valence-corrected chi connectivity index (χ0v) is 11.2. The fraction of sp³-hybridized carbons (Fsp3) is 0.733. The van der Waals surface area contributed by atoms with Crippen LogP contribution < -0.4 is 11.4 Å².